The molecule has 0 aliphatic rings. The van der Waals surface area contributed by atoms with Gasteiger partial charge in [0.05, 0.1) is 18.6 Å². The Hall–Kier alpha value is -3.85. The third-order valence-electron chi connectivity index (χ3n) is 6.58. The third kappa shape index (κ3) is 8.58. The predicted octanol–water partition coefficient (Wildman–Crippen LogP) is 4.41. The summed E-state index contributed by atoms with van der Waals surface area (Å²) >= 11 is 0. The average Bonchev–Trinajstić information content (AvgIpc) is 2.94. The van der Waals surface area contributed by atoms with Gasteiger partial charge in [0.25, 0.3) is 0 Å². The molecule has 8 nitrogen and oxygen atoms in total. The van der Waals surface area contributed by atoms with Crippen LogP contribution in [0.2, 0.25) is 0 Å². The van der Waals surface area contributed by atoms with E-state index in [0.29, 0.717) is 12.4 Å². The number of nitrogens with zero attached hydrogens (tertiary/aromatic N) is 2. The van der Waals surface area contributed by atoms with Crippen LogP contribution in [-0.4, -0.2) is 56.6 Å². The summed E-state index contributed by atoms with van der Waals surface area (Å²) in [6.45, 7) is 5.67. The summed E-state index contributed by atoms with van der Waals surface area (Å²) in [6.07, 6.45) is 2.06. The number of carbonyl (C=O) groups excluding carboxylic acids is 2. The molecule has 40 heavy (non-hydrogen) atoms. The summed E-state index contributed by atoms with van der Waals surface area (Å²) in [6, 6.07) is 24.6. The molecule has 0 aliphatic carbocycles. The van der Waals surface area contributed by atoms with Gasteiger partial charge in [-0.1, -0.05) is 79.7 Å². The first-order chi connectivity index (χ1) is 19.1. The van der Waals surface area contributed by atoms with Crippen LogP contribution in [-0.2, 0) is 32.6 Å². The second kappa shape index (κ2) is 14.5. The summed E-state index contributed by atoms with van der Waals surface area (Å²) in [5, 5.41) is 3.03. The van der Waals surface area contributed by atoms with E-state index in [9.17, 15) is 18.0 Å². The second-order valence-corrected chi connectivity index (χ2v) is 11.6. The van der Waals surface area contributed by atoms with Gasteiger partial charge in [-0.2, -0.15) is 0 Å². The van der Waals surface area contributed by atoms with E-state index in [4.69, 9.17) is 4.74 Å². The van der Waals surface area contributed by atoms with Crippen molar-refractivity contribution in [1.29, 1.82) is 0 Å². The van der Waals surface area contributed by atoms with E-state index in [1.807, 2.05) is 74.5 Å². The van der Waals surface area contributed by atoms with Crippen molar-refractivity contribution in [2.45, 2.75) is 52.2 Å². The molecule has 0 spiro atoms. The normalized spacial score (nSPS) is 12.7. The van der Waals surface area contributed by atoms with Gasteiger partial charge in [-0.05, 0) is 43.5 Å². The van der Waals surface area contributed by atoms with E-state index in [-0.39, 0.29) is 30.6 Å². The largest absolute Gasteiger partial charge is 0.492 e. The van der Waals surface area contributed by atoms with Gasteiger partial charge in [0, 0.05) is 19.0 Å². The van der Waals surface area contributed by atoms with E-state index in [2.05, 4.69) is 5.32 Å². The number of sulfonamides is 1. The average molecular weight is 566 g/mol. The maximum Gasteiger partial charge on any atom is 0.244 e. The van der Waals surface area contributed by atoms with E-state index in [0.717, 1.165) is 28.1 Å². The Labute approximate surface area is 238 Å². The fraction of sp³-hybridized carbons (Fsp3) is 0.355. The van der Waals surface area contributed by atoms with Gasteiger partial charge >= 0.3 is 0 Å². The number of anilines is 1. The van der Waals surface area contributed by atoms with Crippen LogP contribution in [0.25, 0.3) is 0 Å². The first-order valence-corrected chi connectivity index (χ1v) is 15.4. The maximum absolute atomic E-state index is 14.1. The smallest absolute Gasteiger partial charge is 0.244 e. The molecular formula is C31H39N3O5S. The molecule has 3 aromatic rings. The summed E-state index contributed by atoms with van der Waals surface area (Å²) < 4.78 is 32.7. The lowest BCUT2D eigenvalue weighted by Crippen LogP contribution is -2.54. The highest BCUT2D eigenvalue weighted by atomic mass is 32.2. The lowest BCUT2D eigenvalue weighted by molar-refractivity contribution is -0.140. The van der Waals surface area contributed by atoms with E-state index in [1.165, 1.54) is 4.90 Å². The minimum Gasteiger partial charge on any atom is -0.492 e. The van der Waals surface area contributed by atoms with Crippen molar-refractivity contribution in [1.82, 2.24) is 10.2 Å². The SMILES string of the molecule is CCOc1ccccc1N(CC(=O)N(Cc1ccccc1)[C@H](Cc1ccccc1)C(=O)N[C@H](C)CC)S(C)(=O)=O. The quantitative estimate of drug-likeness (QED) is 0.313. The summed E-state index contributed by atoms with van der Waals surface area (Å²) in [5.41, 5.74) is 1.98. The number of benzene rings is 3. The topological polar surface area (TPSA) is 96.0 Å². The van der Waals surface area contributed by atoms with Gasteiger partial charge in [0.15, 0.2) is 0 Å². The van der Waals surface area contributed by atoms with Crippen molar-refractivity contribution in [2.75, 3.05) is 23.7 Å². The molecule has 2 amide bonds. The molecule has 0 aliphatic heterocycles. The molecule has 2 atom stereocenters. The molecule has 0 aromatic heterocycles. The molecule has 0 saturated heterocycles. The Bertz CT molecular complexity index is 1350. The van der Waals surface area contributed by atoms with Gasteiger partial charge in [-0.25, -0.2) is 8.42 Å². The minimum atomic E-state index is -3.88. The Balaban J connectivity index is 2.06. The molecular weight excluding hydrogens is 526 g/mol. The Kier molecular flexibility index (Phi) is 11.1. The first-order valence-electron chi connectivity index (χ1n) is 13.5. The van der Waals surface area contributed by atoms with Gasteiger partial charge in [0.1, 0.15) is 18.3 Å². The Morgan fingerprint density at radius 3 is 2.02 bits per heavy atom. The summed E-state index contributed by atoms with van der Waals surface area (Å²) in [4.78, 5) is 29.3. The fourth-order valence-electron chi connectivity index (χ4n) is 4.31. The number of para-hydroxylation sites is 2. The number of hydrogen-bond acceptors (Lipinski definition) is 5. The fourth-order valence-corrected chi connectivity index (χ4v) is 5.16. The molecule has 1 N–H and O–H groups in total. The van der Waals surface area contributed by atoms with Crippen molar-refractivity contribution in [2.24, 2.45) is 0 Å². The molecule has 0 saturated carbocycles. The van der Waals surface area contributed by atoms with Crippen molar-refractivity contribution in [3.05, 3.63) is 96.1 Å². The summed E-state index contributed by atoms with van der Waals surface area (Å²) in [7, 11) is -3.88. The molecule has 3 rings (SSSR count). The summed E-state index contributed by atoms with van der Waals surface area (Å²) in [5.74, 6) is -0.433. The molecule has 9 heteroatoms. The Morgan fingerprint density at radius 2 is 1.45 bits per heavy atom. The van der Waals surface area contributed by atoms with E-state index in [1.54, 1.807) is 31.2 Å². The Morgan fingerprint density at radius 1 is 0.875 bits per heavy atom. The van der Waals surface area contributed by atoms with Crippen LogP contribution in [0.3, 0.4) is 0 Å². The lowest BCUT2D eigenvalue weighted by atomic mass is 10.0. The highest BCUT2D eigenvalue weighted by Gasteiger charge is 2.34. The lowest BCUT2D eigenvalue weighted by Gasteiger charge is -2.34. The van der Waals surface area contributed by atoms with E-state index >= 15 is 0 Å². The van der Waals surface area contributed by atoms with Gasteiger partial charge in [0.2, 0.25) is 21.8 Å². The third-order valence-corrected chi connectivity index (χ3v) is 7.71. The van der Waals surface area contributed by atoms with Crippen LogP contribution >= 0.6 is 0 Å². The zero-order valence-corrected chi connectivity index (χ0v) is 24.4. The van der Waals surface area contributed by atoms with Crippen molar-refractivity contribution < 1.29 is 22.7 Å². The highest BCUT2D eigenvalue weighted by molar-refractivity contribution is 7.92. The van der Waals surface area contributed by atoms with Crippen LogP contribution in [0, 0.1) is 0 Å². The first kappa shape index (κ1) is 30.7. The number of carbonyl (C=O) groups is 2. The number of ether oxygens (including phenoxy) is 1. The van der Waals surface area contributed by atoms with Gasteiger partial charge in [-0.3, -0.25) is 13.9 Å². The predicted molar refractivity (Wildman–Crippen MR) is 159 cm³/mol. The van der Waals surface area contributed by atoms with Gasteiger partial charge in [-0.15, -0.1) is 0 Å². The number of rotatable bonds is 14. The highest BCUT2D eigenvalue weighted by Crippen LogP contribution is 2.30. The number of hydrogen-bond donors (Lipinski definition) is 1. The molecule has 0 bridgehead atoms. The standard InChI is InChI=1S/C31H39N3O5S/c1-5-24(3)32-31(36)28(21-25-15-9-7-10-16-25)33(22-26-17-11-8-12-18-26)30(35)23-34(40(4,37)38)27-19-13-14-20-29(27)39-6-2/h7-20,24,28H,5-6,21-23H2,1-4H3,(H,32,36)/t24-,28-/m1/s1. The monoisotopic (exact) mass is 565 g/mol. The van der Waals surface area contributed by atoms with Crippen LogP contribution in [0.4, 0.5) is 5.69 Å². The minimum absolute atomic E-state index is 0.0926. The molecule has 214 valence electrons. The van der Waals surface area contributed by atoms with E-state index < -0.39 is 28.5 Å². The van der Waals surface area contributed by atoms with Crippen LogP contribution in [0.1, 0.15) is 38.3 Å². The van der Waals surface area contributed by atoms with Gasteiger partial charge < -0.3 is 15.0 Å². The zero-order valence-electron chi connectivity index (χ0n) is 23.6. The molecule has 0 unspecified atom stereocenters. The van der Waals surface area contributed by atoms with Crippen molar-refractivity contribution in [3.8, 4) is 5.75 Å². The molecule has 3 aromatic carbocycles. The maximum atomic E-state index is 14.1. The number of nitrogens with one attached hydrogen (secondary N) is 1. The number of amides is 2. The van der Waals surface area contributed by atoms with Crippen LogP contribution in [0.15, 0.2) is 84.9 Å². The zero-order chi connectivity index (χ0) is 29.1. The van der Waals surface area contributed by atoms with Crippen LogP contribution in [0.5, 0.6) is 5.75 Å². The van der Waals surface area contributed by atoms with Crippen molar-refractivity contribution in [3.63, 3.8) is 0 Å². The molecule has 0 radical (unpaired) electrons. The molecule has 0 fully saturated rings. The second-order valence-electron chi connectivity index (χ2n) is 9.70. The molecule has 0 heterocycles. The van der Waals surface area contributed by atoms with Crippen molar-refractivity contribution >= 4 is 27.5 Å². The van der Waals surface area contributed by atoms with Crippen LogP contribution < -0.4 is 14.4 Å².